The number of carboxylic acids is 1. The molecule has 0 saturated carbocycles. The predicted molar refractivity (Wildman–Crippen MR) is 120 cm³/mol. The third-order valence-corrected chi connectivity index (χ3v) is 5.99. The molecule has 160 valence electrons. The van der Waals surface area contributed by atoms with Gasteiger partial charge in [0.1, 0.15) is 11.9 Å². The van der Waals surface area contributed by atoms with Crippen LogP contribution in [0.15, 0.2) is 60.7 Å². The van der Waals surface area contributed by atoms with Gasteiger partial charge in [0.05, 0.1) is 11.0 Å². The van der Waals surface area contributed by atoms with Crippen molar-refractivity contribution in [1.82, 2.24) is 14.9 Å². The fourth-order valence-corrected chi connectivity index (χ4v) is 4.19. The van der Waals surface area contributed by atoms with Gasteiger partial charge in [-0.25, -0.2) is 9.78 Å². The number of hydrogen-bond donors (Lipinski definition) is 2. The minimum Gasteiger partial charge on any atom is -0.480 e. The zero-order valence-electron chi connectivity index (χ0n) is 17.6. The lowest BCUT2D eigenvalue weighted by Crippen LogP contribution is -2.42. The molecule has 3 aromatic rings. The molecule has 1 aromatic heterocycles. The molecule has 6 nitrogen and oxygen atoms in total. The van der Waals surface area contributed by atoms with Crippen molar-refractivity contribution < 1.29 is 14.7 Å². The highest BCUT2D eigenvalue weighted by molar-refractivity contribution is 5.99. The van der Waals surface area contributed by atoms with Crippen LogP contribution in [0.25, 0.3) is 11.0 Å². The second-order valence-electron chi connectivity index (χ2n) is 8.20. The van der Waals surface area contributed by atoms with E-state index in [-0.39, 0.29) is 11.8 Å². The van der Waals surface area contributed by atoms with Gasteiger partial charge in [0.2, 0.25) is 0 Å². The lowest BCUT2D eigenvalue weighted by atomic mass is 9.88. The van der Waals surface area contributed by atoms with Crippen LogP contribution in [0, 0.1) is 5.92 Å². The van der Waals surface area contributed by atoms with Crippen molar-refractivity contribution >= 4 is 22.9 Å². The molecule has 1 heterocycles. The van der Waals surface area contributed by atoms with Gasteiger partial charge in [0.15, 0.2) is 0 Å². The van der Waals surface area contributed by atoms with Crippen LogP contribution in [0.5, 0.6) is 0 Å². The lowest BCUT2D eigenvalue weighted by Gasteiger charge is -2.22. The van der Waals surface area contributed by atoms with Gasteiger partial charge in [0.25, 0.3) is 5.91 Å². The summed E-state index contributed by atoms with van der Waals surface area (Å²) in [6, 6.07) is 14.6. The van der Waals surface area contributed by atoms with Gasteiger partial charge in [-0.2, -0.15) is 0 Å². The van der Waals surface area contributed by atoms with Crippen LogP contribution in [0.1, 0.15) is 47.4 Å². The molecule has 0 fully saturated rings. The number of carbonyl (C=O) groups excluding carboxylic acids is 1. The number of amides is 1. The molecule has 31 heavy (non-hydrogen) atoms. The molecule has 6 heteroatoms. The maximum absolute atomic E-state index is 12.8. The molecule has 0 aliphatic heterocycles. The van der Waals surface area contributed by atoms with Crippen molar-refractivity contribution in [1.29, 1.82) is 0 Å². The molecule has 1 amide bonds. The monoisotopic (exact) mass is 417 g/mol. The summed E-state index contributed by atoms with van der Waals surface area (Å²) in [6.07, 6.45) is 8.15. The summed E-state index contributed by atoms with van der Waals surface area (Å²) in [5.74, 6) is -0.180. The minimum atomic E-state index is -0.994. The smallest absolute Gasteiger partial charge is 0.326 e. The van der Waals surface area contributed by atoms with Gasteiger partial charge in [-0.05, 0) is 55.4 Å². The second kappa shape index (κ2) is 9.16. The Morgan fingerprint density at radius 2 is 2.00 bits per heavy atom. The Hall–Kier alpha value is -3.41. The van der Waals surface area contributed by atoms with E-state index in [0.717, 1.165) is 36.1 Å². The molecule has 2 unspecified atom stereocenters. The third-order valence-electron chi connectivity index (χ3n) is 5.99. The van der Waals surface area contributed by atoms with E-state index in [1.54, 1.807) is 12.1 Å². The number of aryl methyl sites for hydroxylation is 1. The standard InChI is InChI=1S/C25H27N3O3/c1-28-22-13-12-19(16-20(22)26-23(28)15-18-10-6-3-7-11-18)24(29)27-21(25(30)31)14-17-8-4-2-5-9-17/h2-4,6-7,10-13,16-17,21H,5,8-9,14-15H2,1H3,(H,27,29)(H,30,31). The number of benzene rings is 2. The molecular formula is C25H27N3O3. The Kier molecular flexibility index (Phi) is 6.16. The number of imidazole rings is 1. The average Bonchev–Trinajstić information content (AvgIpc) is 3.09. The summed E-state index contributed by atoms with van der Waals surface area (Å²) in [5.41, 5.74) is 3.25. The number of carboxylic acid groups (broad SMARTS) is 1. The van der Waals surface area contributed by atoms with Crippen LogP contribution in [0.3, 0.4) is 0 Å². The average molecular weight is 418 g/mol. The molecular weight excluding hydrogens is 390 g/mol. The lowest BCUT2D eigenvalue weighted by molar-refractivity contribution is -0.139. The van der Waals surface area contributed by atoms with Crippen LogP contribution >= 0.6 is 0 Å². The highest BCUT2D eigenvalue weighted by Crippen LogP contribution is 2.24. The summed E-state index contributed by atoms with van der Waals surface area (Å²) < 4.78 is 2.03. The second-order valence-corrected chi connectivity index (χ2v) is 8.20. The zero-order valence-corrected chi connectivity index (χ0v) is 17.6. The van der Waals surface area contributed by atoms with Gasteiger partial charge >= 0.3 is 5.97 Å². The first-order valence-corrected chi connectivity index (χ1v) is 10.7. The topological polar surface area (TPSA) is 84.2 Å². The summed E-state index contributed by atoms with van der Waals surface area (Å²) in [5, 5.41) is 12.3. The number of nitrogens with zero attached hydrogens (tertiary/aromatic N) is 2. The predicted octanol–water partition coefficient (Wildman–Crippen LogP) is 4.09. The van der Waals surface area contributed by atoms with E-state index in [0.29, 0.717) is 18.4 Å². The number of nitrogens with one attached hydrogen (secondary N) is 1. The van der Waals surface area contributed by atoms with Gasteiger partial charge < -0.3 is 15.0 Å². The molecule has 2 N–H and O–H groups in total. The summed E-state index contributed by atoms with van der Waals surface area (Å²) >= 11 is 0. The van der Waals surface area contributed by atoms with Gasteiger partial charge in [-0.1, -0.05) is 42.5 Å². The normalized spacial score (nSPS) is 16.9. The zero-order chi connectivity index (χ0) is 21.8. The Morgan fingerprint density at radius 1 is 1.19 bits per heavy atom. The van der Waals surface area contributed by atoms with Crippen molar-refractivity contribution in [2.24, 2.45) is 13.0 Å². The number of hydrogen-bond acceptors (Lipinski definition) is 3. The molecule has 0 saturated heterocycles. The van der Waals surface area contributed by atoms with E-state index in [9.17, 15) is 14.7 Å². The molecule has 0 bridgehead atoms. The van der Waals surface area contributed by atoms with E-state index in [1.807, 2.05) is 35.9 Å². The van der Waals surface area contributed by atoms with Gasteiger partial charge in [-0.3, -0.25) is 4.79 Å². The highest BCUT2D eigenvalue weighted by Gasteiger charge is 2.25. The molecule has 2 aromatic carbocycles. The Labute approximate surface area is 181 Å². The van der Waals surface area contributed by atoms with Crippen LogP contribution in [-0.2, 0) is 18.3 Å². The Balaban J connectivity index is 1.50. The summed E-state index contributed by atoms with van der Waals surface area (Å²) in [7, 11) is 1.96. The first-order valence-electron chi connectivity index (χ1n) is 10.7. The van der Waals surface area contributed by atoms with E-state index in [4.69, 9.17) is 4.98 Å². The maximum atomic E-state index is 12.8. The van der Waals surface area contributed by atoms with Crippen molar-refractivity contribution in [3.05, 3.63) is 77.6 Å². The number of aromatic nitrogens is 2. The van der Waals surface area contributed by atoms with Gasteiger partial charge in [0, 0.05) is 19.0 Å². The number of fused-ring (bicyclic) bond motifs is 1. The Bertz CT molecular complexity index is 1120. The van der Waals surface area contributed by atoms with Crippen LogP contribution in [-0.4, -0.2) is 32.6 Å². The molecule has 1 aliphatic rings. The largest absolute Gasteiger partial charge is 0.480 e. The number of rotatable bonds is 7. The molecule has 2 atom stereocenters. The fourth-order valence-electron chi connectivity index (χ4n) is 4.19. The molecule has 1 aliphatic carbocycles. The number of allylic oxidation sites excluding steroid dienone is 2. The van der Waals surface area contributed by atoms with Gasteiger partial charge in [-0.15, -0.1) is 0 Å². The number of carbonyl (C=O) groups is 2. The van der Waals surface area contributed by atoms with Crippen molar-refractivity contribution in [2.75, 3.05) is 0 Å². The van der Waals surface area contributed by atoms with E-state index >= 15 is 0 Å². The molecule has 0 radical (unpaired) electrons. The van der Waals surface area contributed by atoms with Crippen molar-refractivity contribution in [2.45, 2.75) is 38.1 Å². The fraction of sp³-hybridized carbons (Fsp3) is 0.320. The van der Waals surface area contributed by atoms with Crippen LogP contribution in [0.2, 0.25) is 0 Å². The van der Waals surface area contributed by atoms with Crippen LogP contribution in [0.4, 0.5) is 0 Å². The first kappa shape index (κ1) is 20.8. The molecule has 0 spiro atoms. The van der Waals surface area contributed by atoms with Crippen LogP contribution < -0.4 is 5.32 Å². The maximum Gasteiger partial charge on any atom is 0.326 e. The Morgan fingerprint density at radius 3 is 2.71 bits per heavy atom. The highest BCUT2D eigenvalue weighted by atomic mass is 16.4. The molecule has 4 rings (SSSR count). The van der Waals surface area contributed by atoms with Crippen molar-refractivity contribution in [3.8, 4) is 0 Å². The third kappa shape index (κ3) is 4.85. The van der Waals surface area contributed by atoms with Crippen molar-refractivity contribution in [3.63, 3.8) is 0 Å². The first-order chi connectivity index (χ1) is 15.0. The SMILES string of the molecule is Cn1c(Cc2ccccc2)nc2cc(C(=O)NC(CC3CC=CCC3)C(=O)O)ccc21. The van der Waals surface area contributed by atoms with E-state index in [2.05, 4.69) is 29.6 Å². The quantitative estimate of drug-likeness (QED) is 0.567. The summed E-state index contributed by atoms with van der Waals surface area (Å²) in [6.45, 7) is 0. The van der Waals surface area contributed by atoms with E-state index < -0.39 is 12.0 Å². The number of aliphatic carboxylic acids is 1. The van der Waals surface area contributed by atoms with E-state index in [1.165, 1.54) is 5.56 Å². The minimum absolute atomic E-state index is 0.283. The summed E-state index contributed by atoms with van der Waals surface area (Å²) in [4.78, 5) is 29.2.